The van der Waals surface area contributed by atoms with E-state index in [1.54, 1.807) is 0 Å². The van der Waals surface area contributed by atoms with E-state index in [-0.39, 0.29) is 0 Å². The summed E-state index contributed by atoms with van der Waals surface area (Å²) in [6, 6.07) is 0. The summed E-state index contributed by atoms with van der Waals surface area (Å²) in [6.07, 6.45) is 0. The minimum atomic E-state index is -2.99. The van der Waals surface area contributed by atoms with E-state index < -0.39 is 27.6 Å². The maximum Gasteiger partial charge on any atom is 0.300 e. The fourth-order valence-electron chi connectivity index (χ4n) is 0.670. The van der Waals surface area contributed by atoms with Crippen molar-refractivity contribution in [2.75, 3.05) is 0 Å². The highest BCUT2D eigenvalue weighted by atomic mass is 28.5. The van der Waals surface area contributed by atoms with Crippen molar-refractivity contribution in [3.63, 3.8) is 0 Å². The van der Waals surface area contributed by atoms with Crippen LogP contribution in [0.1, 0.15) is 0 Å². The molecule has 0 atom stereocenters. The third-order valence-electron chi connectivity index (χ3n) is 0.862. The zero-order valence-electron chi connectivity index (χ0n) is 8.72. The van der Waals surface area contributed by atoms with Crippen molar-refractivity contribution in [1.29, 1.82) is 3.70 Å². The lowest BCUT2D eigenvalue weighted by atomic mass is 11.9. The second-order valence-electron chi connectivity index (χ2n) is 1.78. The predicted octanol–water partition coefficient (Wildman–Crippen LogP) is -0.399. The van der Waals surface area contributed by atoms with Crippen LogP contribution in [0.3, 0.4) is 0 Å². The summed E-state index contributed by atoms with van der Waals surface area (Å²) in [5.41, 5.74) is 0. The standard InChI is InChI=1S/C3H12O3Si3/c1-7-4-8(2)6-9(3)5-7/h7-9H,1-3H3/i7T,8T,9T. The highest BCUT2D eigenvalue weighted by Crippen LogP contribution is 2.06. The van der Waals surface area contributed by atoms with Gasteiger partial charge in [0.25, 0.3) is 27.6 Å². The molecule has 0 saturated carbocycles. The van der Waals surface area contributed by atoms with E-state index in [2.05, 4.69) is 0 Å². The highest BCUT2D eigenvalue weighted by Gasteiger charge is 2.25. The fourth-order valence-corrected chi connectivity index (χ4v) is 7.15. The van der Waals surface area contributed by atoms with Crippen molar-refractivity contribution >= 4 is 27.6 Å². The third-order valence-corrected chi connectivity index (χ3v) is 7.76. The molecule has 1 rings (SSSR count). The average Bonchev–Trinajstić information content (AvgIpc) is 1.44. The van der Waals surface area contributed by atoms with Gasteiger partial charge >= 0.3 is 0 Å². The lowest BCUT2D eigenvalue weighted by Crippen LogP contribution is -2.44. The Bertz CT molecular complexity index is 151. The van der Waals surface area contributed by atoms with Gasteiger partial charge in [-0.1, -0.05) is 0 Å². The Kier molecular flexibility index (Phi) is 1.51. The van der Waals surface area contributed by atoms with Crippen molar-refractivity contribution in [1.82, 2.24) is 0 Å². The van der Waals surface area contributed by atoms with E-state index in [1.165, 1.54) is 19.6 Å². The molecule has 1 saturated heterocycles. The molecule has 9 heavy (non-hydrogen) atoms. The first-order chi connectivity index (χ1) is 5.12. The van der Waals surface area contributed by atoms with Gasteiger partial charge in [0.1, 0.15) is 0 Å². The number of hydrogen-bond acceptors (Lipinski definition) is 3. The molecule has 1 heterocycles. The monoisotopic (exact) mass is 186 g/mol. The summed E-state index contributed by atoms with van der Waals surface area (Å²) < 4.78 is 38.0. The first-order valence-corrected chi connectivity index (χ1v) is 8.17. The summed E-state index contributed by atoms with van der Waals surface area (Å²) in [7, 11) is -8.96. The smallest absolute Gasteiger partial charge is 0.300 e. The maximum absolute atomic E-state index is 7.58. The minimum Gasteiger partial charge on any atom is -0.420 e. The van der Waals surface area contributed by atoms with Gasteiger partial charge in [-0.3, -0.25) is 0 Å². The zero-order chi connectivity index (χ0) is 9.62. The largest absolute Gasteiger partial charge is 0.420 e. The van der Waals surface area contributed by atoms with Crippen LogP contribution in [0.15, 0.2) is 0 Å². The van der Waals surface area contributed by atoms with E-state index >= 15 is 0 Å². The topological polar surface area (TPSA) is 27.7 Å². The predicted molar refractivity (Wildman–Crippen MR) is 42.3 cm³/mol. The van der Waals surface area contributed by atoms with Crippen LogP contribution in [-0.4, -0.2) is 31.4 Å². The molecule has 1 aliphatic rings. The van der Waals surface area contributed by atoms with Gasteiger partial charge in [0.05, 0.1) is 3.70 Å². The summed E-state index contributed by atoms with van der Waals surface area (Å²) in [5, 5.41) is 0. The molecule has 0 aromatic rings. The first kappa shape index (κ1) is 4.42. The van der Waals surface area contributed by atoms with Crippen LogP contribution in [0.2, 0.25) is 19.6 Å². The van der Waals surface area contributed by atoms with Crippen molar-refractivity contribution in [3.05, 3.63) is 0 Å². The third kappa shape index (κ3) is 2.32. The van der Waals surface area contributed by atoms with E-state index in [0.717, 1.165) is 0 Å². The minimum absolute atomic E-state index is 1.52. The highest BCUT2D eigenvalue weighted by molar-refractivity contribution is 6.72. The molecule has 0 bridgehead atoms. The Morgan fingerprint density at radius 2 is 1.11 bits per heavy atom. The van der Waals surface area contributed by atoms with Crippen LogP contribution in [0, 0.1) is 0 Å². The Balaban J connectivity index is 2.81. The van der Waals surface area contributed by atoms with Crippen LogP contribution in [0.25, 0.3) is 0 Å². The molecule has 0 unspecified atom stereocenters. The molecule has 3 nitrogen and oxygen atoms in total. The Morgan fingerprint density at radius 3 is 1.33 bits per heavy atom. The van der Waals surface area contributed by atoms with Crippen molar-refractivity contribution in [2.45, 2.75) is 19.6 Å². The van der Waals surface area contributed by atoms with Gasteiger partial charge in [0.2, 0.25) is 0 Å². The molecule has 6 heteroatoms. The first-order valence-electron chi connectivity index (χ1n) is 4.22. The second-order valence-corrected chi connectivity index (χ2v) is 7.18. The number of hydrogen-bond donors (Lipinski definition) is 0. The molecule has 0 aromatic heterocycles. The van der Waals surface area contributed by atoms with Gasteiger partial charge < -0.3 is 12.3 Å². The fraction of sp³-hybridized carbons (Fsp3) is 1.00. The molecule has 1 aliphatic heterocycles. The maximum atomic E-state index is 7.58. The van der Waals surface area contributed by atoms with Gasteiger partial charge in [-0.15, -0.1) is 0 Å². The van der Waals surface area contributed by atoms with Crippen LogP contribution in [-0.2, 0) is 12.3 Å². The molecule has 0 aromatic carbocycles. The summed E-state index contributed by atoms with van der Waals surface area (Å²) >= 11 is 0. The summed E-state index contributed by atoms with van der Waals surface area (Å²) in [4.78, 5) is 0. The normalized spacial score (nSPS) is 74.3. The molecule has 0 N–H and O–H groups in total. The molecular formula is C3H12O3Si3. The van der Waals surface area contributed by atoms with Crippen molar-refractivity contribution in [2.24, 2.45) is 0 Å². The molecular weight excluding hydrogens is 168 g/mol. The lowest BCUT2D eigenvalue weighted by molar-refractivity contribution is 0.294. The van der Waals surface area contributed by atoms with Crippen molar-refractivity contribution < 1.29 is 12.3 Å². The van der Waals surface area contributed by atoms with E-state index in [9.17, 15) is 0 Å². The van der Waals surface area contributed by atoms with Crippen LogP contribution in [0.4, 0.5) is 0 Å². The van der Waals surface area contributed by atoms with Gasteiger partial charge in [-0.25, -0.2) is 0 Å². The second kappa shape index (κ2) is 3.08. The molecule has 0 amide bonds. The van der Waals surface area contributed by atoms with Crippen molar-refractivity contribution in [3.8, 4) is 0 Å². The quantitative estimate of drug-likeness (QED) is 0.482. The van der Waals surface area contributed by atoms with Crippen LogP contribution >= 0.6 is 0 Å². The van der Waals surface area contributed by atoms with E-state index in [4.69, 9.17) is 16.0 Å². The molecule has 0 aliphatic carbocycles. The van der Waals surface area contributed by atoms with Crippen LogP contribution in [0.5, 0.6) is 0 Å². The van der Waals surface area contributed by atoms with Gasteiger partial charge in [-0.2, -0.15) is 0 Å². The van der Waals surface area contributed by atoms with Gasteiger partial charge in [0.15, 0.2) is 0 Å². The SMILES string of the molecule is [3H][Si]1(C)O[Si]([3H])(C)O[Si]([3H])(C)O1. The lowest BCUT2D eigenvalue weighted by Gasteiger charge is -2.28. The summed E-state index contributed by atoms with van der Waals surface area (Å²) in [6.45, 7) is 4.57. The van der Waals surface area contributed by atoms with E-state index in [1.807, 2.05) is 0 Å². The van der Waals surface area contributed by atoms with Gasteiger partial charge in [-0.05, 0) is 19.6 Å². The molecule has 0 radical (unpaired) electrons. The zero-order valence-corrected chi connectivity index (χ0v) is 8.72. The van der Waals surface area contributed by atoms with E-state index in [0.29, 0.717) is 0 Å². The Hall–Kier alpha value is 0.531. The number of rotatable bonds is 0. The summed E-state index contributed by atoms with van der Waals surface area (Å²) in [5.74, 6) is 0. The average molecular weight is 186 g/mol. The van der Waals surface area contributed by atoms with Gasteiger partial charge in [0, 0.05) is 0 Å². The molecule has 0 spiro atoms. The Labute approximate surface area is 64.2 Å². The Morgan fingerprint density at radius 1 is 0.889 bits per heavy atom. The molecule has 1 fully saturated rings. The molecule has 54 valence electrons. The van der Waals surface area contributed by atoms with Crippen LogP contribution < -0.4 is 0 Å².